The topological polar surface area (TPSA) is 23.9 Å². The third kappa shape index (κ3) is 6.61. The number of benzene rings is 9. The monoisotopic (exact) mass is 866 g/mol. The summed E-state index contributed by atoms with van der Waals surface area (Å²) in [5.74, 6) is 1.70. The lowest BCUT2D eigenvalue weighted by atomic mass is 9.34. The number of fused-ring (bicyclic) bond motifs is 7. The predicted molar refractivity (Wildman–Crippen MR) is 284 cm³/mol. The average molecular weight is 867 g/mol. The summed E-state index contributed by atoms with van der Waals surface area (Å²) in [5, 5.41) is 2.33. The van der Waals surface area contributed by atoms with Gasteiger partial charge in [0.15, 0.2) is 0 Å². The quantitative estimate of drug-likeness (QED) is 0.149. The van der Waals surface area contributed by atoms with Gasteiger partial charge in [0.05, 0.1) is 16.9 Å². The summed E-state index contributed by atoms with van der Waals surface area (Å²) in [4.78, 5) is 7.28. The Morgan fingerprint density at radius 2 is 0.940 bits per heavy atom. The van der Waals surface area contributed by atoms with Gasteiger partial charge in [0, 0.05) is 69.2 Å². The Morgan fingerprint density at radius 1 is 0.433 bits per heavy atom. The molecule has 0 radical (unpaired) electrons. The molecular weight excluding hydrogens is 816 g/mol. The first-order valence-electron chi connectivity index (χ1n) is 23.3. The largest absolute Gasteiger partial charge is 0.456 e. The Kier molecular flexibility index (Phi) is 9.44. The number of nitrogens with zero attached hydrogens (tertiary/aromatic N) is 4. The average Bonchev–Trinajstić information content (AvgIpc) is 3.62. The van der Waals surface area contributed by atoms with Crippen LogP contribution in [0.2, 0.25) is 0 Å². The van der Waals surface area contributed by atoms with Crippen LogP contribution >= 0.6 is 0 Å². The molecular formula is C61H51BN4O. The van der Waals surface area contributed by atoms with E-state index in [1.165, 1.54) is 49.7 Å². The highest BCUT2D eigenvalue weighted by atomic mass is 16.5. The number of ether oxygens (including phenoxy) is 1. The molecule has 10 aromatic rings. The maximum Gasteiger partial charge on any atom is 0.256 e. The van der Waals surface area contributed by atoms with Crippen molar-refractivity contribution in [1.29, 1.82) is 0 Å². The van der Waals surface area contributed by atoms with Gasteiger partial charge in [-0.05, 0) is 143 Å². The summed E-state index contributed by atoms with van der Waals surface area (Å²) in [5.41, 5.74) is 22.9. The van der Waals surface area contributed by atoms with Crippen molar-refractivity contribution in [3.63, 3.8) is 0 Å². The number of aromatic nitrogens is 1. The van der Waals surface area contributed by atoms with Gasteiger partial charge in [-0.15, -0.1) is 0 Å². The molecule has 12 rings (SSSR count). The number of rotatable bonds is 7. The molecule has 9 aromatic carbocycles. The summed E-state index contributed by atoms with van der Waals surface area (Å²) < 4.78 is 10.2. The van der Waals surface area contributed by atoms with Crippen molar-refractivity contribution in [2.75, 3.05) is 14.7 Å². The zero-order valence-corrected chi connectivity index (χ0v) is 39.1. The van der Waals surface area contributed by atoms with Crippen LogP contribution in [0.1, 0.15) is 33.4 Å². The molecule has 0 aliphatic carbocycles. The molecule has 0 fully saturated rings. The molecule has 67 heavy (non-hydrogen) atoms. The Bertz CT molecular complexity index is 3470. The molecule has 3 heterocycles. The minimum atomic E-state index is -0.148. The van der Waals surface area contributed by atoms with Crippen LogP contribution in [0, 0.1) is 41.5 Å². The second kappa shape index (κ2) is 15.6. The van der Waals surface area contributed by atoms with Crippen LogP contribution in [0.4, 0.5) is 51.2 Å². The van der Waals surface area contributed by atoms with Gasteiger partial charge in [-0.1, -0.05) is 124 Å². The lowest BCUT2D eigenvalue weighted by molar-refractivity contribution is 0.489. The zero-order chi connectivity index (χ0) is 45.7. The summed E-state index contributed by atoms with van der Waals surface area (Å²) in [7, 11) is 2.21. The summed E-state index contributed by atoms with van der Waals surface area (Å²) in [6.45, 7) is 12.8. The van der Waals surface area contributed by atoms with Crippen LogP contribution in [-0.4, -0.2) is 11.3 Å². The molecule has 1 aromatic heterocycles. The van der Waals surface area contributed by atoms with Crippen molar-refractivity contribution in [2.24, 2.45) is 7.05 Å². The molecule has 324 valence electrons. The number of aryl methyl sites for hydroxylation is 7. The fourth-order valence-corrected chi connectivity index (χ4v) is 10.5. The molecule has 6 heteroatoms. The van der Waals surface area contributed by atoms with Gasteiger partial charge >= 0.3 is 0 Å². The summed E-state index contributed by atoms with van der Waals surface area (Å²) in [6, 6.07) is 67.4. The van der Waals surface area contributed by atoms with E-state index in [2.05, 4.69) is 250 Å². The third-order valence-corrected chi connectivity index (χ3v) is 14.0. The predicted octanol–water partition coefficient (Wildman–Crippen LogP) is 14.5. The first-order chi connectivity index (χ1) is 32.6. The van der Waals surface area contributed by atoms with Gasteiger partial charge in [0.1, 0.15) is 11.5 Å². The first-order valence-corrected chi connectivity index (χ1v) is 23.3. The van der Waals surface area contributed by atoms with E-state index >= 15 is 0 Å². The number of para-hydroxylation sites is 1. The normalized spacial score (nSPS) is 12.5. The minimum Gasteiger partial charge on any atom is -0.456 e. The second-order valence-corrected chi connectivity index (χ2v) is 18.8. The SMILES string of the molecule is Cc1ccc(N(c2ccc(C)cc2)c2cc3c4c(c2)N(c2ccc(C)cc2)c2ccc(C)cc2B4c2cc4c(c(N(c5ccc(C)cc5)c5ccc(C)cc5)c2O3)c2ccccc2n4C)cc1. The Morgan fingerprint density at radius 3 is 1.51 bits per heavy atom. The van der Waals surface area contributed by atoms with Crippen LogP contribution < -0.4 is 35.8 Å². The lowest BCUT2D eigenvalue weighted by Crippen LogP contribution is -2.59. The molecule has 0 unspecified atom stereocenters. The number of hydrogen-bond acceptors (Lipinski definition) is 4. The van der Waals surface area contributed by atoms with Gasteiger partial charge in [0.25, 0.3) is 6.71 Å². The van der Waals surface area contributed by atoms with E-state index in [4.69, 9.17) is 4.74 Å². The summed E-state index contributed by atoms with van der Waals surface area (Å²) in [6.07, 6.45) is 0. The standard InChI is InChI=1S/C61H51BN4O/c1-38-12-23-44(24-13-38)64(45-25-14-39(2)15-26-45)49-35-56-59-57(36-49)67-61-52(62(59)51-34-43(6)22-33-54(51)66(56)48-31-20-42(5)21-32-48)37-55-58(50-10-8-9-11-53(50)63(55)7)60(61)65(46-27-16-40(3)17-28-46)47-29-18-41(4)19-30-47/h8-37H,1-7H3. The van der Waals surface area contributed by atoms with Crippen molar-refractivity contribution in [3.8, 4) is 11.5 Å². The Labute approximate surface area is 393 Å². The third-order valence-electron chi connectivity index (χ3n) is 14.0. The molecule has 0 saturated heterocycles. The van der Waals surface area contributed by atoms with E-state index in [1.54, 1.807) is 0 Å². The number of anilines is 9. The van der Waals surface area contributed by atoms with Crippen molar-refractivity contribution in [2.45, 2.75) is 41.5 Å². The van der Waals surface area contributed by atoms with E-state index in [1.807, 2.05) is 0 Å². The molecule has 0 amide bonds. The van der Waals surface area contributed by atoms with Crippen molar-refractivity contribution in [1.82, 2.24) is 4.57 Å². The smallest absolute Gasteiger partial charge is 0.256 e. The van der Waals surface area contributed by atoms with Gasteiger partial charge in [-0.3, -0.25) is 0 Å². The van der Waals surface area contributed by atoms with E-state index in [0.717, 1.165) is 84.5 Å². The van der Waals surface area contributed by atoms with Gasteiger partial charge in [-0.2, -0.15) is 0 Å². The van der Waals surface area contributed by atoms with Gasteiger partial charge in [0.2, 0.25) is 0 Å². The van der Waals surface area contributed by atoms with Gasteiger partial charge < -0.3 is 24.0 Å². The van der Waals surface area contributed by atoms with E-state index in [0.29, 0.717) is 0 Å². The Hall–Kier alpha value is -7.96. The van der Waals surface area contributed by atoms with Crippen LogP contribution in [-0.2, 0) is 7.05 Å². The van der Waals surface area contributed by atoms with Crippen molar-refractivity contribution in [3.05, 3.63) is 215 Å². The van der Waals surface area contributed by atoms with Crippen molar-refractivity contribution < 1.29 is 4.74 Å². The highest BCUT2D eigenvalue weighted by Gasteiger charge is 2.45. The highest BCUT2D eigenvalue weighted by Crippen LogP contribution is 2.52. The fourth-order valence-electron chi connectivity index (χ4n) is 10.5. The lowest BCUT2D eigenvalue weighted by Gasteiger charge is -2.42. The van der Waals surface area contributed by atoms with Crippen LogP contribution in [0.5, 0.6) is 11.5 Å². The molecule has 0 N–H and O–H groups in total. The second-order valence-electron chi connectivity index (χ2n) is 18.8. The van der Waals surface area contributed by atoms with Crippen LogP contribution in [0.15, 0.2) is 182 Å². The van der Waals surface area contributed by atoms with Gasteiger partial charge in [-0.25, -0.2) is 0 Å². The molecule has 5 nitrogen and oxygen atoms in total. The molecule has 0 atom stereocenters. The Balaban J connectivity index is 1.22. The summed E-state index contributed by atoms with van der Waals surface area (Å²) >= 11 is 0. The highest BCUT2D eigenvalue weighted by molar-refractivity contribution is 6.99. The first kappa shape index (κ1) is 40.5. The van der Waals surface area contributed by atoms with Crippen molar-refractivity contribution >= 4 is 96.1 Å². The van der Waals surface area contributed by atoms with Crippen LogP contribution in [0.3, 0.4) is 0 Å². The molecule has 2 aliphatic rings. The number of hydrogen-bond donors (Lipinski definition) is 0. The molecule has 0 spiro atoms. The molecule has 0 saturated carbocycles. The van der Waals surface area contributed by atoms with E-state index in [-0.39, 0.29) is 6.71 Å². The van der Waals surface area contributed by atoms with E-state index < -0.39 is 0 Å². The fraction of sp³-hybridized carbons (Fsp3) is 0.115. The maximum absolute atomic E-state index is 7.84. The maximum atomic E-state index is 7.84. The minimum absolute atomic E-state index is 0.148. The molecule has 2 aliphatic heterocycles. The zero-order valence-electron chi connectivity index (χ0n) is 39.1. The van der Waals surface area contributed by atoms with E-state index in [9.17, 15) is 0 Å². The van der Waals surface area contributed by atoms with Crippen LogP contribution in [0.25, 0.3) is 21.8 Å². The molecule has 0 bridgehead atoms.